The maximum Gasteiger partial charge on any atom is 0.267 e. The predicted molar refractivity (Wildman–Crippen MR) is 70.1 cm³/mol. The van der Waals surface area contributed by atoms with Gasteiger partial charge in [0, 0.05) is 10.7 Å². The highest BCUT2D eigenvalue weighted by Gasteiger charge is 2.17. The Bertz CT molecular complexity index is 589. The number of nitrogens with zero attached hydrogens (tertiary/aromatic N) is 2. The topological polar surface area (TPSA) is 60.4 Å². The van der Waals surface area contributed by atoms with E-state index in [-0.39, 0.29) is 0 Å². The lowest BCUT2D eigenvalue weighted by Crippen LogP contribution is -2.16. The van der Waals surface area contributed by atoms with Crippen LogP contribution in [0.4, 0.5) is 0 Å². The average Bonchev–Trinajstić information content (AvgIpc) is 2.57. The van der Waals surface area contributed by atoms with E-state index in [4.69, 9.17) is 5.73 Å². The molecule has 0 atom stereocenters. The lowest BCUT2D eigenvalue weighted by atomic mass is 10.2. The third-order valence-electron chi connectivity index (χ3n) is 2.66. The van der Waals surface area contributed by atoms with Crippen LogP contribution >= 0.6 is 15.9 Å². The van der Waals surface area contributed by atoms with Crippen molar-refractivity contribution in [3.63, 3.8) is 0 Å². The van der Waals surface area contributed by atoms with Gasteiger partial charge in [0.05, 0.1) is 5.69 Å². The Labute approximate surface area is 108 Å². The number of aryl methyl sites for hydroxylation is 2. The van der Waals surface area contributed by atoms with E-state index in [2.05, 4.69) is 27.8 Å². The summed E-state index contributed by atoms with van der Waals surface area (Å²) in [6.45, 7) is 4.02. The van der Waals surface area contributed by atoms with Crippen molar-refractivity contribution in [3.8, 4) is 0 Å². The molecule has 0 aromatic carbocycles. The van der Waals surface area contributed by atoms with Crippen LogP contribution in [0.15, 0.2) is 16.7 Å². The molecule has 2 aromatic rings. The maximum atomic E-state index is 11.5. The minimum absolute atomic E-state index is 0.432. The van der Waals surface area contributed by atoms with Gasteiger partial charge < -0.3 is 5.73 Å². The third-order valence-corrected chi connectivity index (χ3v) is 3.10. The van der Waals surface area contributed by atoms with Crippen LogP contribution in [-0.2, 0) is 6.42 Å². The number of imidazole rings is 1. The van der Waals surface area contributed by atoms with Crippen molar-refractivity contribution in [2.45, 2.75) is 26.7 Å². The molecule has 0 aliphatic carbocycles. The van der Waals surface area contributed by atoms with Gasteiger partial charge in [0.2, 0.25) is 0 Å². The molecule has 4 nitrogen and oxygen atoms in total. The first kappa shape index (κ1) is 12.1. The van der Waals surface area contributed by atoms with Gasteiger partial charge in [-0.15, -0.1) is 0 Å². The summed E-state index contributed by atoms with van der Waals surface area (Å²) in [5, 5.41) is 0. The fourth-order valence-corrected chi connectivity index (χ4v) is 2.54. The molecular weight excluding hydrogens is 282 g/mol. The molecule has 2 N–H and O–H groups in total. The summed E-state index contributed by atoms with van der Waals surface area (Å²) >= 11 is 3.41. The number of fused-ring (bicyclic) bond motifs is 1. The van der Waals surface area contributed by atoms with E-state index >= 15 is 0 Å². The number of halogens is 1. The summed E-state index contributed by atoms with van der Waals surface area (Å²) in [6.07, 6.45) is 3.52. The summed E-state index contributed by atoms with van der Waals surface area (Å²) in [6, 6.07) is 1.98. The van der Waals surface area contributed by atoms with Gasteiger partial charge in [-0.2, -0.15) is 0 Å². The van der Waals surface area contributed by atoms with Crippen molar-refractivity contribution in [1.29, 1.82) is 0 Å². The summed E-state index contributed by atoms with van der Waals surface area (Å²) in [5.74, 6) is -0.432. The quantitative estimate of drug-likeness (QED) is 0.945. The predicted octanol–water partition coefficient (Wildman–Crippen LogP) is 2.46. The van der Waals surface area contributed by atoms with E-state index in [0.29, 0.717) is 5.69 Å². The van der Waals surface area contributed by atoms with Crippen molar-refractivity contribution in [3.05, 3.63) is 33.7 Å². The highest BCUT2D eigenvalue weighted by atomic mass is 79.9. The fourth-order valence-electron chi connectivity index (χ4n) is 1.99. The molecular formula is C12H14BrN3O. The smallest absolute Gasteiger partial charge is 0.267 e. The Hall–Kier alpha value is -1.36. The first-order chi connectivity index (χ1) is 8.04. The zero-order valence-corrected chi connectivity index (χ0v) is 11.4. The van der Waals surface area contributed by atoms with Gasteiger partial charge in [0.25, 0.3) is 5.91 Å². The van der Waals surface area contributed by atoms with E-state index in [9.17, 15) is 4.79 Å². The van der Waals surface area contributed by atoms with E-state index in [0.717, 1.165) is 34.2 Å². The number of rotatable bonds is 3. The SMILES string of the molecule is CCCc1nc2c(C)cc(Br)cn2c1C(N)=O. The van der Waals surface area contributed by atoms with E-state index in [1.54, 1.807) is 4.40 Å². The summed E-state index contributed by atoms with van der Waals surface area (Å²) in [7, 11) is 0. The highest BCUT2D eigenvalue weighted by Crippen LogP contribution is 2.21. The van der Waals surface area contributed by atoms with Crippen molar-refractivity contribution in [2.75, 3.05) is 0 Å². The fraction of sp³-hybridized carbons (Fsp3) is 0.333. The van der Waals surface area contributed by atoms with Crippen LogP contribution in [0.3, 0.4) is 0 Å². The van der Waals surface area contributed by atoms with Crippen LogP contribution < -0.4 is 5.73 Å². The van der Waals surface area contributed by atoms with Gasteiger partial charge in [0.15, 0.2) is 0 Å². The molecule has 1 amide bonds. The number of carbonyl (C=O) groups excluding carboxylic acids is 1. The maximum absolute atomic E-state index is 11.5. The molecule has 2 heterocycles. The third kappa shape index (κ3) is 2.07. The molecule has 0 aliphatic rings. The lowest BCUT2D eigenvalue weighted by Gasteiger charge is -2.02. The van der Waals surface area contributed by atoms with Crippen LogP contribution in [0.25, 0.3) is 5.65 Å². The molecule has 2 aromatic heterocycles. The largest absolute Gasteiger partial charge is 0.364 e. The second kappa shape index (κ2) is 4.49. The number of primary amides is 1. The summed E-state index contributed by atoms with van der Waals surface area (Å²) in [5.41, 5.74) is 8.53. The van der Waals surface area contributed by atoms with Crippen molar-refractivity contribution < 1.29 is 4.79 Å². The van der Waals surface area contributed by atoms with Crippen LogP contribution in [0.2, 0.25) is 0 Å². The van der Waals surface area contributed by atoms with Crippen LogP contribution in [0.1, 0.15) is 35.1 Å². The van der Waals surface area contributed by atoms with Crippen molar-refractivity contribution in [2.24, 2.45) is 5.73 Å². The number of aromatic nitrogens is 2. The standard InChI is InChI=1S/C12H14BrN3O/c1-3-4-9-10(11(14)17)16-6-8(13)5-7(2)12(16)15-9/h5-6H,3-4H2,1-2H3,(H2,14,17). The molecule has 90 valence electrons. The van der Waals surface area contributed by atoms with E-state index < -0.39 is 5.91 Å². The Morgan fingerprint density at radius 1 is 1.59 bits per heavy atom. The zero-order valence-electron chi connectivity index (χ0n) is 9.83. The summed E-state index contributed by atoms with van der Waals surface area (Å²) < 4.78 is 2.68. The van der Waals surface area contributed by atoms with Gasteiger partial charge in [-0.25, -0.2) is 4.98 Å². The normalized spacial score (nSPS) is 11.0. The molecule has 2 rings (SSSR count). The Balaban J connectivity index is 2.80. The minimum Gasteiger partial charge on any atom is -0.364 e. The first-order valence-electron chi connectivity index (χ1n) is 5.51. The molecule has 0 radical (unpaired) electrons. The molecule has 0 bridgehead atoms. The second-order valence-electron chi connectivity index (χ2n) is 4.06. The first-order valence-corrected chi connectivity index (χ1v) is 6.30. The van der Waals surface area contributed by atoms with Gasteiger partial charge in [0.1, 0.15) is 11.3 Å². The average molecular weight is 296 g/mol. The number of hydrogen-bond donors (Lipinski definition) is 1. The number of nitrogens with two attached hydrogens (primary N) is 1. The van der Waals surface area contributed by atoms with Crippen molar-refractivity contribution in [1.82, 2.24) is 9.38 Å². The molecule has 0 saturated carbocycles. The molecule has 17 heavy (non-hydrogen) atoms. The molecule has 0 spiro atoms. The minimum atomic E-state index is -0.432. The van der Waals surface area contributed by atoms with Crippen LogP contribution in [0.5, 0.6) is 0 Å². The number of hydrogen-bond acceptors (Lipinski definition) is 2. The van der Waals surface area contributed by atoms with Crippen molar-refractivity contribution >= 4 is 27.5 Å². The lowest BCUT2D eigenvalue weighted by molar-refractivity contribution is 0.0993. The molecule has 0 fully saturated rings. The van der Waals surface area contributed by atoms with E-state index in [1.807, 2.05) is 19.2 Å². The summed E-state index contributed by atoms with van der Waals surface area (Å²) in [4.78, 5) is 16.0. The molecule has 0 unspecified atom stereocenters. The van der Waals surface area contributed by atoms with Gasteiger partial charge in [-0.05, 0) is 40.9 Å². The zero-order chi connectivity index (χ0) is 12.6. The van der Waals surface area contributed by atoms with Crippen LogP contribution in [-0.4, -0.2) is 15.3 Å². The van der Waals surface area contributed by atoms with Gasteiger partial charge >= 0.3 is 0 Å². The monoisotopic (exact) mass is 295 g/mol. The molecule has 0 saturated heterocycles. The second-order valence-corrected chi connectivity index (χ2v) is 4.97. The Morgan fingerprint density at radius 3 is 2.88 bits per heavy atom. The highest BCUT2D eigenvalue weighted by molar-refractivity contribution is 9.10. The number of amides is 1. The van der Waals surface area contributed by atoms with E-state index in [1.165, 1.54) is 0 Å². The van der Waals surface area contributed by atoms with Gasteiger partial charge in [-0.3, -0.25) is 9.20 Å². The number of carbonyl (C=O) groups is 1. The Morgan fingerprint density at radius 2 is 2.29 bits per heavy atom. The molecule has 0 aliphatic heterocycles. The van der Waals surface area contributed by atoms with Crippen LogP contribution in [0, 0.1) is 6.92 Å². The Kier molecular flexibility index (Phi) is 3.19. The van der Waals surface area contributed by atoms with Gasteiger partial charge in [-0.1, -0.05) is 13.3 Å². The molecule has 5 heteroatoms. The number of pyridine rings is 1.